The van der Waals surface area contributed by atoms with Crippen LogP contribution in [0, 0.1) is 0 Å². The molecule has 8 heteroatoms. The molecule has 1 aliphatic rings. The zero-order valence-corrected chi connectivity index (χ0v) is 12.5. The number of hydrogen-bond donors (Lipinski definition) is 2. The summed E-state index contributed by atoms with van der Waals surface area (Å²) in [5, 5.41) is 8.41. The molecule has 1 saturated heterocycles. The lowest BCUT2D eigenvalue weighted by molar-refractivity contribution is 0.0813. The zero-order valence-electron chi connectivity index (χ0n) is 11.7. The highest BCUT2D eigenvalue weighted by molar-refractivity contribution is 7.89. The number of nitrogens with zero attached hydrogens (tertiary/aromatic N) is 2. The number of nitrogens with two attached hydrogens (primary N) is 1. The van der Waals surface area contributed by atoms with Crippen molar-refractivity contribution in [3.05, 3.63) is 18.0 Å². The summed E-state index contributed by atoms with van der Waals surface area (Å²) >= 11 is 0. The molecule has 1 aliphatic heterocycles. The highest BCUT2D eigenvalue weighted by atomic mass is 32.2. The van der Waals surface area contributed by atoms with Crippen molar-refractivity contribution in [1.82, 2.24) is 14.8 Å². The molecule has 1 amide bonds. The Morgan fingerprint density at radius 1 is 1.40 bits per heavy atom. The van der Waals surface area contributed by atoms with Gasteiger partial charge >= 0.3 is 0 Å². The minimum Gasteiger partial charge on any atom is -0.343 e. The summed E-state index contributed by atoms with van der Waals surface area (Å²) in [6.45, 7) is 1.70. The van der Waals surface area contributed by atoms with Gasteiger partial charge in [0, 0.05) is 26.3 Å². The Morgan fingerprint density at radius 2 is 2.00 bits per heavy atom. The van der Waals surface area contributed by atoms with Gasteiger partial charge in [-0.15, -0.1) is 0 Å². The van der Waals surface area contributed by atoms with Gasteiger partial charge in [0.05, 0.1) is 0 Å². The highest BCUT2D eigenvalue weighted by Gasteiger charge is 2.25. The standard InChI is InChI=1S/C12H20N4O3S/c1-15(2)12(17)11-7-10(20(13,18)19)8-16(11)9-3-5-14-6-4-9/h7-9,14H,3-6H2,1-2H3,(H2,13,18,19). The van der Waals surface area contributed by atoms with E-state index in [2.05, 4.69) is 5.32 Å². The molecule has 0 unspecified atom stereocenters. The van der Waals surface area contributed by atoms with Crippen molar-refractivity contribution in [2.45, 2.75) is 23.8 Å². The lowest BCUT2D eigenvalue weighted by Gasteiger charge is -2.26. The number of piperidine rings is 1. The molecule has 0 atom stereocenters. The van der Waals surface area contributed by atoms with E-state index in [4.69, 9.17) is 5.14 Å². The van der Waals surface area contributed by atoms with E-state index in [9.17, 15) is 13.2 Å². The Balaban J connectivity index is 2.47. The molecule has 2 rings (SSSR count). The SMILES string of the molecule is CN(C)C(=O)c1cc(S(N)(=O)=O)cn1C1CCNCC1. The van der Waals surface area contributed by atoms with Gasteiger partial charge in [-0.2, -0.15) is 0 Å². The molecule has 0 bridgehead atoms. The van der Waals surface area contributed by atoms with Gasteiger partial charge in [0.2, 0.25) is 10.0 Å². The fourth-order valence-electron chi connectivity index (χ4n) is 2.40. The molecule has 0 saturated carbocycles. The third-order valence-corrected chi connectivity index (χ3v) is 4.36. The molecular formula is C12H20N4O3S. The van der Waals surface area contributed by atoms with Gasteiger partial charge in [-0.05, 0) is 32.0 Å². The van der Waals surface area contributed by atoms with Gasteiger partial charge in [-0.3, -0.25) is 4.79 Å². The predicted molar refractivity (Wildman–Crippen MR) is 75.0 cm³/mol. The van der Waals surface area contributed by atoms with E-state index >= 15 is 0 Å². The maximum absolute atomic E-state index is 12.2. The van der Waals surface area contributed by atoms with Crippen LogP contribution in [0.25, 0.3) is 0 Å². The van der Waals surface area contributed by atoms with Crippen LogP contribution in [0.2, 0.25) is 0 Å². The predicted octanol–water partition coefficient (Wildman–Crippen LogP) is -0.238. The number of carbonyl (C=O) groups excluding carboxylic acids is 1. The second-order valence-electron chi connectivity index (χ2n) is 5.19. The van der Waals surface area contributed by atoms with E-state index in [0.717, 1.165) is 25.9 Å². The summed E-state index contributed by atoms with van der Waals surface area (Å²) in [6.07, 6.45) is 3.18. The molecule has 1 aromatic rings. The van der Waals surface area contributed by atoms with E-state index in [-0.39, 0.29) is 16.8 Å². The van der Waals surface area contributed by atoms with Crippen molar-refractivity contribution in [2.75, 3.05) is 27.2 Å². The zero-order chi connectivity index (χ0) is 14.9. The van der Waals surface area contributed by atoms with E-state index in [1.54, 1.807) is 18.7 Å². The summed E-state index contributed by atoms with van der Waals surface area (Å²) < 4.78 is 24.8. The Morgan fingerprint density at radius 3 is 2.50 bits per heavy atom. The summed E-state index contributed by atoms with van der Waals surface area (Å²) in [5.41, 5.74) is 0.367. The second-order valence-corrected chi connectivity index (χ2v) is 6.76. The van der Waals surface area contributed by atoms with Gasteiger partial charge in [-0.1, -0.05) is 0 Å². The summed E-state index contributed by atoms with van der Waals surface area (Å²) in [4.78, 5) is 13.6. The smallest absolute Gasteiger partial charge is 0.270 e. The van der Waals surface area contributed by atoms with Crippen molar-refractivity contribution in [1.29, 1.82) is 0 Å². The molecule has 1 aromatic heterocycles. The first-order valence-electron chi connectivity index (χ1n) is 6.47. The molecule has 0 aliphatic carbocycles. The lowest BCUT2D eigenvalue weighted by atomic mass is 10.1. The number of hydrogen-bond acceptors (Lipinski definition) is 4. The molecule has 3 N–H and O–H groups in total. The Bertz CT molecular complexity index is 600. The summed E-state index contributed by atoms with van der Waals surface area (Å²) in [6, 6.07) is 1.48. The summed E-state index contributed by atoms with van der Waals surface area (Å²) in [7, 11) is -0.534. The van der Waals surface area contributed by atoms with Gasteiger partial charge < -0.3 is 14.8 Å². The van der Waals surface area contributed by atoms with Crippen molar-refractivity contribution < 1.29 is 13.2 Å². The molecular weight excluding hydrogens is 280 g/mol. The van der Waals surface area contributed by atoms with Crippen LogP contribution in [0.3, 0.4) is 0 Å². The topological polar surface area (TPSA) is 97.4 Å². The van der Waals surface area contributed by atoms with Crippen molar-refractivity contribution in [3.8, 4) is 0 Å². The van der Waals surface area contributed by atoms with Gasteiger partial charge in [0.15, 0.2) is 0 Å². The van der Waals surface area contributed by atoms with Gasteiger partial charge in [0.1, 0.15) is 10.6 Å². The number of rotatable bonds is 3. The minimum atomic E-state index is -3.81. The molecule has 20 heavy (non-hydrogen) atoms. The minimum absolute atomic E-state index is 0.0127. The van der Waals surface area contributed by atoms with Crippen molar-refractivity contribution in [2.24, 2.45) is 5.14 Å². The largest absolute Gasteiger partial charge is 0.343 e. The molecule has 0 spiro atoms. The van der Waals surface area contributed by atoms with E-state index in [0.29, 0.717) is 5.69 Å². The monoisotopic (exact) mass is 300 g/mol. The van der Waals surface area contributed by atoms with Crippen LogP contribution in [0.5, 0.6) is 0 Å². The highest BCUT2D eigenvalue weighted by Crippen LogP contribution is 2.25. The Kier molecular flexibility index (Phi) is 4.17. The van der Waals surface area contributed by atoms with E-state index in [1.807, 2.05) is 0 Å². The molecule has 112 valence electrons. The Hall–Kier alpha value is -1.38. The van der Waals surface area contributed by atoms with Crippen molar-refractivity contribution >= 4 is 15.9 Å². The number of primary sulfonamides is 1. The second kappa shape index (κ2) is 5.55. The first-order chi connectivity index (χ1) is 9.30. The van der Waals surface area contributed by atoms with Crippen LogP contribution in [-0.2, 0) is 10.0 Å². The van der Waals surface area contributed by atoms with Crippen LogP contribution in [0.4, 0.5) is 0 Å². The first-order valence-corrected chi connectivity index (χ1v) is 8.02. The summed E-state index contributed by atoms with van der Waals surface area (Å²) in [5.74, 6) is -0.224. The molecule has 7 nitrogen and oxygen atoms in total. The van der Waals surface area contributed by atoms with Gasteiger partial charge in [-0.25, -0.2) is 13.6 Å². The van der Waals surface area contributed by atoms with Crippen LogP contribution in [-0.4, -0.2) is 51.0 Å². The number of amides is 1. The average Bonchev–Trinajstić information content (AvgIpc) is 2.83. The van der Waals surface area contributed by atoms with E-state index in [1.165, 1.54) is 17.2 Å². The van der Waals surface area contributed by atoms with Crippen molar-refractivity contribution in [3.63, 3.8) is 0 Å². The number of carbonyl (C=O) groups is 1. The molecule has 1 fully saturated rings. The maximum atomic E-state index is 12.2. The normalized spacial score (nSPS) is 17.1. The average molecular weight is 300 g/mol. The van der Waals surface area contributed by atoms with Crippen LogP contribution >= 0.6 is 0 Å². The molecule has 0 radical (unpaired) electrons. The fourth-order valence-corrected chi connectivity index (χ4v) is 2.93. The molecule has 2 heterocycles. The number of aromatic nitrogens is 1. The number of nitrogens with one attached hydrogen (secondary N) is 1. The van der Waals surface area contributed by atoms with E-state index < -0.39 is 10.0 Å². The maximum Gasteiger partial charge on any atom is 0.270 e. The quantitative estimate of drug-likeness (QED) is 0.805. The third kappa shape index (κ3) is 3.02. The van der Waals surface area contributed by atoms with Gasteiger partial charge in [0.25, 0.3) is 5.91 Å². The lowest BCUT2D eigenvalue weighted by Crippen LogP contribution is -2.32. The fraction of sp³-hybridized carbons (Fsp3) is 0.583. The van der Waals surface area contributed by atoms with Crippen LogP contribution < -0.4 is 10.5 Å². The van der Waals surface area contributed by atoms with Crippen LogP contribution in [0.1, 0.15) is 29.4 Å². The third-order valence-electron chi connectivity index (χ3n) is 3.48. The van der Waals surface area contributed by atoms with Crippen LogP contribution in [0.15, 0.2) is 17.2 Å². The number of sulfonamides is 1. The first kappa shape index (κ1) is 15.0. The Labute approximate surface area is 118 Å². The molecule has 0 aromatic carbocycles.